The van der Waals surface area contributed by atoms with E-state index in [1.807, 2.05) is 11.0 Å². The maximum absolute atomic E-state index is 15.4. The molecule has 1 N–H and O–H groups in total. The molecule has 1 aliphatic carbocycles. The Hall–Kier alpha value is -2.20. The molecule has 10 heteroatoms. The summed E-state index contributed by atoms with van der Waals surface area (Å²) < 4.78 is 21.9. The van der Waals surface area contributed by atoms with Crippen molar-refractivity contribution < 1.29 is 19.0 Å². The number of carbonyl (C=O) groups is 1. The largest absolute Gasteiger partial charge is 0.465 e. The Balaban J connectivity index is 1.51. The Morgan fingerprint density at radius 3 is 2.59 bits per heavy atom. The van der Waals surface area contributed by atoms with E-state index in [1.54, 1.807) is 0 Å². The topological polar surface area (TPSA) is 82.0 Å². The van der Waals surface area contributed by atoms with Gasteiger partial charge in [0.05, 0.1) is 4.47 Å². The molecule has 2 aliphatic heterocycles. The lowest BCUT2D eigenvalue weighted by Crippen LogP contribution is -2.48. The van der Waals surface area contributed by atoms with Gasteiger partial charge in [0.25, 0.3) is 0 Å². The maximum atomic E-state index is 15.4. The van der Waals surface area contributed by atoms with Crippen LogP contribution in [0.2, 0.25) is 0 Å². The predicted molar refractivity (Wildman–Crippen MR) is 122 cm³/mol. The molecule has 3 fully saturated rings. The van der Waals surface area contributed by atoms with Gasteiger partial charge in [0.2, 0.25) is 0 Å². The van der Waals surface area contributed by atoms with Crippen molar-refractivity contribution in [2.45, 2.75) is 37.6 Å². The second kappa shape index (κ2) is 8.62. The number of ether oxygens (including phenoxy) is 1. The van der Waals surface area contributed by atoms with E-state index >= 15 is 4.39 Å². The van der Waals surface area contributed by atoms with Gasteiger partial charge in [-0.05, 0) is 72.8 Å². The van der Waals surface area contributed by atoms with Gasteiger partial charge in [-0.2, -0.15) is 9.97 Å². The standard InChI is InChI=1S/C22H27BrFN5O3/c1-27-6-2-3-14(27)12-32-21-25-19-16(11-15(13-4-5-13)17(23)18(19)24)20(26-21)28-7-9-29(10-8-28)22(30)31/h11,13-14H,2-10,12H2,1H3,(H,30,31). The summed E-state index contributed by atoms with van der Waals surface area (Å²) >= 11 is 3.44. The van der Waals surface area contributed by atoms with Crippen LogP contribution in [0.5, 0.6) is 6.01 Å². The zero-order valence-corrected chi connectivity index (χ0v) is 19.6. The highest BCUT2D eigenvalue weighted by molar-refractivity contribution is 9.10. The minimum absolute atomic E-state index is 0.165. The third kappa shape index (κ3) is 4.10. The summed E-state index contributed by atoms with van der Waals surface area (Å²) in [6.45, 7) is 3.21. The number of amides is 1. The number of hydrogen-bond acceptors (Lipinski definition) is 6. The summed E-state index contributed by atoms with van der Waals surface area (Å²) in [5.74, 6) is 0.581. The van der Waals surface area contributed by atoms with E-state index in [2.05, 4.69) is 32.9 Å². The molecule has 0 spiro atoms. The van der Waals surface area contributed by atoms with Crippen molar-refractivity contribution in [3.8, 4) is 6.01 Å². The second-order valence-corrected chi connectivity index (χ2v) is 9.73. The van der Waals surface area contributed by atoms with Gasteiger partial charge in [0, 0.05) is 37.6 Å². The molecular formula is C22H27BrFN5O3. The molecular weight excluding hydrogens is 481 g/mol. The van der Waals surface area contributed by atoms with Crippen LogP contribution in [0.3, 0.4) is 0 Å². The smallest absolute Gasteiger partial charge is 0.407 e. The van der Waals surface area contributed by atoms with Gasteiger partial charge in [-0.3, -0.25) is 0 Å². The van der Waals surface area contributed by atoms with Crippen molar-refractivity contribution in [1.82, 2.24) is 19.8 Å². The first kappa shape index (κ1) is 21.6. The Bertz CT molecular complexity index is 1040. The fourth-order valence-electron chi connectivity index (χ4n) is 4.65. The SMILES string of the molecule is CN1CCCC1COc1nc(N2CCN(C(=O)O)CC2)c2cc(C3CC3)c(Br)c(F)c2n1. The van der Waals surface area contributed by atoms with Crippen LogP contribution in [-0.4, -0.2) is 83.4 Å². The van der Waals surface area contributed by atoms with Crippen LogP contribution >= 0.6 is 15.9 Å². The van der Waals surface area contributed by atoms with Gasteiger partial charge in [0.15, 0.2) is 5.82 Å². The minimum Gasteiger partial charge on any atom is -0.465 e. The first-order chi connectivity index (χ1) is 15.4. The van der Waals surface area contributed by atoms with E-state index < -0.39 is 6.09 Å². The molecule has 0 bridgehead atoms. The number of halogens is 2. The van der Waals surface area contributed by atoms with Crippen LogP contribution in [0, 0.1) is 5.82 Å². The summed E-state index contributed by atoms with van der Waals surface area (Å²) in [5.41, 5.74) is 1.19. The lowest BCUT2D eigenvalue weighted by molar-refractivity contribution is 0.142. The first-order valence-electron chi connectivity index (χ1n) is 11.2. The Morgan fingerprint density at radius 2 is 1.97 bits per heavy atom. The number of rotatable bonds is 5. The van der Waals surface area contributed by atoms with Crippen molar-refractivity contribution >= 4 is 38.7 Å². The summed E-state index contributed by atoms with van der Waals surface area (Å²) in [6.07, 6.45) is 3.36. The van der Waals surface area contributed by atoms with Crippen LogP contribution in [0.4, 0.5) is 15.0 Å². The predicted octanol–water partition coefficient (Wildman–Crippen LogP) is 3.68. The highest BCUT2D eigenvalue weighted by Crippen LogP contribution is 2.46. The second-order valence-electron chi connectivity index (χ2n) is 8.94. The molecule has 2 saturated heterocycles. The van der Waals surface area contributed by atoms with Crippen molar-refractivity contribution in [1.29, 1.82) is 0 Å². The van der Waals surface area contributed by atoms with Crippen LogP contribution in [0.1, 0.15) is 37.2 Å². The summed E-state index contributed by atoms with van der Waals surface area (Å²) in [5, 5.41) is 9.93. The molecule has 1 saturated carbocycles. The average molecular weight is 508 g/mol. The third-order valence-electron chi connectivity index (χ3n) is 6.80. The quantitative estimate of drug-likeness (QED) is 0.660. The number of likely N-dealkylation sites (N-methyl/N-ethyl adjacent to an activating group) is 1. The van der Waals surface area contributed by atoms with E-state index in [1.165, 1.54) is 4.90 Å². The zero-order chi connectivity index (χ0) is 22.4. The molecule has 0 radical (unpaired) electrons. The number of aromatic nitrogens is 2. The first-order valence-corrected chi connectivity index (χ1v) is 12.0. The van der Waals surface area contributed by atoms with Gasteiger partial charge in [-0.25, -0.2) is 9.18 Å². The number of piperazine rings is 1. The van der Waals surface area contributed by atoms with E-state index in [4.69, 9.17) is 9.72 Å². The number of carboxylic acid groups (broad SMARTS) is 1. The summed E-state index contributed by atoms with van der Waals surface area (Å²) in [6, 6.07) is 2.46. The highest BCUT2D eigenvalue weighted by atomic mass is 79.9. The number of fused-ring (bicyclic) bond motifs is 1. The minimum atomic E-state index is -0.923. The van der Waals surface area contributed by atoms with Gasteiger partial charge < -0.3 is 24.5 Å². The Kier molecular flexibility index (Phi) is 5.83. The molecule has 1 unspecified atom stereocenters. The van der Waals surface area contributed by atoms with Gasteiger partial charge in [-0.15, -0.1) is 0 Å². The lowest BCUT2D eigenvalue weighted by atomic mass is 10.1. The monoisotopic (exact) mass is 507 g/mol. The molecule has 1 amide bonds. The van der Waals surface area contributed by atoms with Crippen LogP contribution < -0.4 is 9.64 Å². The molecule has 32 heavy (non-hydrogen) atoms. The normalized spacial score (nSPS) is 22.0. The number of nitrogens with zero attached hydrogens (tertiary/aromatic N) is 5. The van der Waals surface area contributed by atoms with Gasteiger partial charge in [-0.1, -0.05) is 0 Å². The number of hydrogen-bond donors (Lipinski definition) is 1. The number of benzene rings is 1. The van der Waals surface area contributed by atoms with Crippen molar-refractivity contribution in [3.63, 3.8) is 0 Å². The highest BCUT2D eigenvalue weighted by Gasteiger charge is 2.31. The fraction of sp³-hybridized carbons (Fsp3) is 0.591. The van der Waals surface area contributed by atoms with E-state index in [0.29, 0.717) is 60.4 Å². The molecule has 5 rings (SSSR count). The van der Waals surface area contributed by atoms with E-state index in [9.17, 15) is 9.90 Å². The van der Waals surface area contributed by atoms with Crippen LogP contribution in [-0.2, 0) is 0 Å². The zero-order valence-electron chi connectivity index (χ0n) is 18.1. The maximum Gasteiger partial charge on any atom is 0.407 e. The van der Waals surface area contributed by atoms with Crippen molar-refractivity contribution in [2.75, 3.05) is 51.3 Å². The molecule has 2 aromatic rings. The molecule has 172 valence electrons. The molecule has 3 heterocycles. The fourth-order valence-corrected chi connectivity index (χ4v) is 5.28. The van der Waals surface area contributed by atoms with Gasteiger partial charge in [0.1, 0.15) is 17.9 Å². The molecule has 3 aliphatic rings. The summed E-state index contributed by atoms with van der Waals surface area (Å²) in [4.78, 5) is 26.1. The lowest BCUT2D eigenvalue weighted by Gasteiger charge is -2.34. The van der Waals surface area contributed by atoms with Gasteiger partial charge >= 0.3 is 12.1 Å². The summed E-state index contributed by atoms with van der Waals surface area (Å²) in [7, 11) is 2.08. The number of anilines is 1. The molecule has 1 aromatic carbocycles. The Morgan fingerprint density at radius 1 is 1.22 bits per heavy atom. The van der Waals surface area contributed by atoms with Crippen molar-refractivity contribution in [3.05, 3.63) is 21.9 Å². The molecule has 1 atom stereocenters. The Labute approximate surface area is 194 Å². The number of likely N-dealkylation sites (tertiary alicyclic amines) is 1. The van der Waals surface area contributed by atoms with E-state index in [0.717, 1.165) is 37.8 Å². The van der Waals surface area contributed by atoms with Crippen LogP contribution in [0.15, 0.2) is 10.5 Å². The average Bonchev–Trinajstić information content (AvgIpc) is 3.55. The molecule has 8 nitrogen and oxygen atoms in total. The van der Waals surface area contributed by atoms with Crippen LogP contribution in [0.25, 0.3) is 10.9 Å². The molecule has 1 aromatic heterocycles. The third-order valence-corrected chi connectivity index (χ3v) is 7.61. The van der Waals surface area contributed by atoms with E-state index in [-0.39, 0.29) is 17.3 Å². The van der Waals surface area contributed by atoms with Crippen molar-refractivity contribution in [2.24, 2.45) is 0 Å².